The largest absolute Gasteiger partial charge is 0.457 e. The Hall–Kier alpha value is -1.73. The van der Waals surface area contributed by atoms with Crippen molar-refractivity contribution in [2.24, 2.45) is 0 Å². The molecule has 0 atom stereocenters. The van der Waals surface area contributed by atoms with E-state index in [0.29, 0.717) is 0 Å². The number of carbonyl (C=O) groups is 2. The quantitative estimate of drug-likeness (QED) is 0.764. The zero-order valence-electron chi connectivity index (χ0n) is 10.7. The van der Waals surface area contributed by atoms with Crippen molar-refractivity contribution in [3.8, 4) is 0 Å². The van der Waals surface area contributed by atoms with Crippen LogP contribution in [0.15, 0.2) is 29.2 Å². The monoisotopic (exact) mass is 285 g/mol. The molecule has 0 aliphatic rings. The summed E-state index contributed by atoms with van der Waals surface area (Å²) in [5.41, 5.74) is 0.930. The van der Waals surface area contributed by atoms with Gasteiger partial charge < -0.3 is 4.74 Å². The summed E-state index contributed by atoms with van der Waals surface area (Å²) >= 11 is 0. The van der Waals surface area contributed by atoms with Gasteiger partial charge in [-0.1, -0.05) is 17.7 Å². The first-order chi connectivity index (χ1) is 8.81. The van der Waals surface area contributed by atoms with Crippen LogP contribution in [-0.4, -0.2) is 33.3 Å². The van der Waals surface area contributed by atoms with Crippen molar-refractivity contribution < 1.29 is 22.7 Å². The predicted octanol–water partition coefficient (Wildman–Crippen LogP) is 0.406. The summed E-state index contributed by atoms with van der Waals surface area (Å²) in [7, 11) is -3.75. The third-order valence-corrected chi connectivity index (χ3v) is 3.59. The Kier molecular flexibility index (Phi) is 5.20. The Morgan fingerprint density at radius 2 is 1.79 bits per heavy atom. The van der Waals surface area contributed by atoms with Crippen molar-refractivity contribution in [3.05, 3.63) is 29.8 Å². The second-order valence-corrected chi connectivity index (χ2v) is 5.77. The lowest BCUT2D eigenvalue weighted by Gasteiger charge is -2.06. The normalized spacial score (nSPS) is 11.1. The van der Waals surface area contributed by atoms with Gasteiger partial charge in [0.25, 0.3) is 0 Å². The Balaban J connectivity index is 2.58. The molecule has 0 saturated carbocycles. The van der Waals surface area contributed by atoms with E-state index in [1.54, 1.807) is 12.1 Å². The van der Waals surface area contributed by atoms with E-state index in [4.69, 9.17) is 0 Å². The van der Waals surface area contributed by atoms with Gasteiger partial charge >= 0.3 is 5.97 Å². The molecule has 0 aliphatic heterocycles. The number of ketones is 1. The molecule has 0 spiro atoms. The average Bonchev–Trinajstić information content (AvgIpc) is 2.34. The summed E-state index contributed by atoms with van der Waals surface area (Å²) in [4.78, 5) is 21.8. The molecule has 0 bridgehead atoms. The number of rotatable bonds is 6. The Labute approximate surface area is 111 Å². The van der Waals surface area contributed by atoms with E-state index in [1.807, 2.05) is 6.92 Å². The Morgan fingerprint density at radius 1 is 1.21 bits per heavy atom. The SMILES string of the molecule is CC(=O)COC(=O)CNS(=O)(=O)c1ccc(C)cc1. The van der Waals surface area contributed by atoms with E-state index in [9.17, 15) is 18.0 Å². The van der Waals surface area contributed by atoms with Gasteiger partial charge in [-0.3, -0.25) is 9.59 Å². The highest BCUT2D eigenvalue weighted by atomic mass is 32.2. The number of aryl methyl sites for hydroxylation is 1. The van der Waals surface area contributed by atoms with E-state index in [-0.39, 0.29) is 17.3 Å². The number of nitrogens with one attached hydrogen (secondary N) is 1. The molecule has 0 fully saturated rings. The number of hydrogen-bond acceptors (Lipinski definition) is 5. The third-order valence-electron chi connectivity index (χ3n) is 2.17. The number of ether oxygens (including phenoxy) is 1. The van der Waals surface area contributed by atoms with Gasteiger partial charge in [0, 0.05) is 0 Å². The van der Waals surface area contributed by atoms with Crippen molar-refractivity contribution in [2.75, 3.05) is 13.2 Å². The molecule has 1 rings (SSSR count). The highest BCUT2D eigenvalue weighted by molar-refractivity contribution is 7.89. The van der Waals surface area contributed by atoms with Crippen LogP contribution >= 0.6 is 0 Å². The molecule has 0 aromatic heterocycles. The van der Waals surface area contributed by atoms with Crippen LogP contribution in [0.1, 0.15) is 12.5 Å². The molecule has 1 aromatic carbocycles. The summed E-state index contributed by atoms with van der Waals surface area (Å²) in [5.74, 6) is -1.11. The van der Waals surface area contributed by atoms with Crippen molar-refractivity contribution in [3.63, 3.8) is 0 Å². The average molecular weight is 285 g/mol. The van der Waals surface area contributed by atoms with Crippen molar-refractivity contribution >= 4 is 21.8 Å². The second-order valence-electron chi connectivity index (χ2n) is 4.00. The molecular weight excluding hydrogens is 270 g/mol. The predicted molar refractivity (Wildman–Crippen MR) is 68.0 cm³/mol. The lowest BCUT2D eigenvalue weighted by Crippen LogP contribution is -2.31. The number of sulfonamides is 1. The van der Waals surface area contributed by atoms with E-state index >= 15 is 0 Å². The summed E-state index contributed by atoms with van der Waals surface area (Å²) in [5, 5.41) is 0. The minimum atomic E-state index is -3.75. The first-order valence-corrected chi connectivity index (χ1v) is 7.01. The summed E-state index contributed by atoms with van der Waals surface area (Å²) in [6.45, 7) is 2.24. The summed E-state index contributed by atoms with van der Waals surface area (Å²) < 4.78 is 30.2. The lowest BCUT2D eigenvalue weighted by molar-refractivity contribution is -0.146. The fraction of sp³-hybridized carbons (Fsp3) is 0.333. The number of benzene rings is 1. The maximum Gasteiger partial charge on any atom is 0.321 e. The minimum Gasteiger partial charge on any atom is -0.457 e. The zero-order chi connectivity index (χ0) is 14.5. The van der Waals surface area contributed by atoms with Crippen molar-refractivity contribution in [1.29, 1.82) is 0 Å². The van der Waals surface area contributed by atoms with Crippen LogP contribution in [0.4, 0.5) is 0 Å². The fourth-order valence-corrected chi connectivity index (χ4v) is 2.16. The molecule has 7 heteroatoms. The van der Waals surface area contributed by atoms with Gasteiger partial charge in [0.15, 0.2) is 5.78 Å². The highest BCUT2D eigenvalue weighted by Gasteiger charge is 2.15. The van der Waals surface area contributed by atoms with Gasteiger partial charge in [-0.15, -0.1) is 0 Å². The minimum absolute atomic E-state index is 0.0671. The molecular formula is C12H15NO5S. The van der Waals surface area contributed by atoms with Crippen LogP contribution in [-0.2, 0) is 24.3 Å². The van der Waals surface area contributed by atoms with E-state index < -0.39 is 22.5 Å². The van der Waals surface area contributed by atoms with Crippen molar-refractivity contribution in [1.82, 2.24) is 4.72 Å². The fourth-order valence-electron chi connectivity index (χ4n) is 1.19. The van der Waals surface area contributed by atoms with Crippen molar-refractivity contribution in [2.45, 2.75) is 18.7 Å². The van der Waals surface area contributed by atoms with E-state index in [0.717, 1.165) is 5.56 Å². The van der Waals surface area contributed by atoms with Crippen LogP contribution in [0.2, 0.25) is 0 Å². The molecule has 1 N–H and O–H groups in total. The number of esters is 1. The summed E-state index contributed by atoms with van der Waals surface area (Å²) in [6, 6.07) is 6.20. The van der Waals surface area contributed by atoms with Gasteiger partial charge in [0.05, 0.1) is 4.90 Å². The molecule has 104 valence electrons. The molecule has 0 radical (unpaired) electrons. The van der Waals surface area contributed by atoms with Crippen LogP contribution in [0.25, 0.3) is 0 Å². The first-order valence-electron chi connectivity index (χ1n) is 5.52. The molecule has 0 heterocycles. The van der Waals surface area contributed by atoms with E-state index in [1.165, 1.54) is 19.1 Å². The topological polar surface area (TPSA) is 89.5 Å². The smallest absolute Gasteiger partial charge is 0.321 e. The zero-order valence-corrected chi connectivity index (χ0v) is 11.5. The van der Waals surface area contributed by atoms with Crippen LogP contribution < -0.4 is 4.72 Å². The van der Waals surface area contributed by atoms with Crippen LogP contribution in [0, 0.1) is 6.92 Å². The lowest BCUT2D eigenvalue weighted by atomic mass is 10.2. The van der Waals surface area contributed by atoms with Crippen LogP contribution in [0.5, 0.6) is 0 Å². The first kappa shape index (κ1) is 15.3. The van der Waals surface area contributed by atoms with Gasteiger partial charge in [-0.05, 0) is 26.0 Å². The van der Waals surface area contributed by atoms with E-state index in [2.05, 4.69) is 9.46 Å². The van der Waals surface area contributed by atoms with Gasteiger partial charge in [0.1, 0.15) is 13.2 Å². The molecule has 0 amide bonds. The Morgan fingerprint density at radius 3 is 2.32 bits per heavy atom. The molecule has 1 aromatic rings. The van der Waals surface area contributed by atoms with Crippen LogP contribution in [0.3, 0.4) is 0 Å². The molecule has 6 nitrogen and oxygen atoms in total. The number of Topliss-reactive ketones (excluding diaryl/α,β-unsaturated/α-hetero) is 1. The standard InChI is InChI=1S/C12H15NO5S/c1-9-3-5-11(6-4-9)19(16,17)13-7-12(15)18-8-10(2)14/h3-6,13H,7-8H2,1-2H3. The maximum atomic E-state index is 11.8. The van der Waals surface area contributed by atoms with Gasteiger partial charge in [-0.25, -0.2) is 8.42 Å². The van der Waals surface area contributed by atoms with Gasteiger partial charge in [-0.2, -0.15) is 4.72 Å². The van der Waals surface area contributed by atoms with Gasteiger partial charge in [0.2, 0.25) is 10.0 Å². The third kappa shape index (κ3) is 5.19. The number of hydrogen-bond donors (Lipinski definition) is 1. The number of carbonyl (C=O) groups excluding carboxylic acids is 2. The second kappa shape index (κ2) is 6.44. The summed E-state index contributed by atoms with van der Waals surface area (Å²) in [6.07, 6.45) is 0. The molecule has 19 heavy (non-hydrogen) atoms. The molecule has 0 aliphatic carbocycles. The highest BCUT2D eigenvalue weighted by Crippen LogP contribution is 2.09. The molecule has 0 saturated heterocycles. The maximum absolute atomic E-state index is 11.8. The molecule has 0 unspecified atom stereocenters. The Bertz CT molecular complexity index is 562.